The van der Waals surface area contributed by atoms with Gasteiger partial charge in [-0.15, -0.1) is 0 Å². The molecule has 1 aliphatic heterocycles. The van der Waals surface area contributed by atoms with Crippen LogP contribution < -0.4 is 4.90 Å². The van der Waals surface area contributed by atoms with Crippen molar-refractivity contribution in [1.29, 1.82) is 0 Å². The van der Waals surface area contributed by atoms with E-state index < -0.39 is 0 Å². The van der Waals surface area contributed by atoms with Crippen LogP contribution in [-0.2, 0) is 4.79 Å². The minimum Gasteiger partial charge on any atom is -0.318 e. The van der Waals surface area contributed by atoms with Crippen LogP contribution in [0.1, 0.15) is 11.6 Å². The van der Waals surface area contributed by atoms with Crippen LogP contribution in [0.25, 0.3) is 0 Å². The van der Waals surface area contributed by atoms with Gasteiger partial charge in [0, 0.05) is 14.8 Å². The van der Waals surface area contributed by atoms with Gasteiger partial charge in [-0.25, -0.2) is 4.99 Å². The molecule has 3 rings (SSSR count). The molecule has 1 unspecified atom stereocenters. The van der Waals surface area contributed by atoms with Gasteiger partial charge in [0.05, 0.1) is 12.0 Å². The molecule has 94 valence electrons. The lowest BCUT2D eigenvalue weighted by atomic mass is 10.0. The molecule has 1 aliphatic rings. The number of hydrogen-bond donors (Lipinski definition) is 0. The molecule has 19 heavy (non-hydrogen) atoms. The van der Waals surface area contributed by atoms with Crippen LogP contribution >= 0.6 is 22.6 Å². The smallest absolute Gasteiger partial charge is 0.147 e. The number of halogens is 1. The third-order valence-corrected chi connectivity index (χ3v) is 3.78. The van der Waals surface area contributed by atoms with Gasteiger partial charge in [0.2, 0.25) is 0 Å². The molecule has 0 aliphatic carbocycles. The summed E-state index contributed by atoms with van der Waals surface area (Å²) >= 11 is 2.25. The zero-order chi connectivity index (χ0) is 13.2. The Balaban J connectivity index is 2.09. The number of carbonyl (C=O) groups is 1. The van der Waals surface area contributed by atoms with Crippen LogP contribution in [0.4, 0.5) is 11.4 Å². The lowest BCUT2D eigenvalue weighted by Gasteiger charge is -2.30. The molecule has 0 radical (unpaired) electrons. The summed E-state index contributed by atoms with van der Waals surface area (Å²) < 4.78 is 1.10. The largest absolute Gasteiger partial charge is 0.318 e. The van der Waals surface area contributed by atoms with Crippen molar-refractivity contribution in [3.8, 4) is 0 Å². The molecule has 2 aromatic carbocycles. The lowest BCUT2D eigenvalue weighted by molar-refractivity contribution is -0.108. The van der Waals surface area contributed by atoms with E-state index in [2.05, 4.69) is 27.6 Å². The Labute approximate surface area is 125 Å². The molecule has 1 heterocycles. The van der Waals surface area contributed by atoms with Crippen LogP contribution in [0.3, 0.4) is 0 Å². The topological polar surface area (TPSA) is 32.7 Å². The van der Waals surface area contributed by atoms with Crippen molar-refractivity contribution in [3.05, 3.63) is 57.7 Å². The fourth-order valence-corrected chi connectivity index (χ4v) is 2.71. The first-order chi connectivity index (χ1) is 9.29. The van der Waals surface area contributed by atoms with Crippen LogP contribution in [0, 0.1) is 3.57 Å². The maximum Gasteiger partial charge on any atom is 0.147 e. The van der Waals surface area contributed by atoms with Crippen LogP contribution in [0.15, 0.2) is 53.5 Å². The average molecular weight is 362 g/mol. The molecule has 0 fully saturated rings. The third kappa shape index (κ3) is 2.28. The van der Waals surface area contributed by atoms with E-state index in [1.54, 1.807) is 6.34 Å². The highest BCUT2D eigenvalue weighted by Gasteiger charge is 2.25. The molecule has 3 nitrogen and oxygen atoms in total. The molecule has 0 saturated carbocycles. The fourth-order valence-electron chi connectivity index (χ4n) is 2.19. The number of para-hydroxylation sites is 1. The lowest BCUT2D eigenvalue weighted by Crippen LogP contribution is -2.30. The summed E-state index contributed by atoms with van der Waals surface area (Å²) in [4.78, 5) is 17.8. The number of benzene rings is 2. The minimum atomic E-state index is -0.315. The third-order valence-electron chi connectivity index (χ3n) is 3.11. The van der Waals surface area contributed by atoms with Crippen molar-refractivity contribution >= 4 is 46.6 Å². The van der Waals surface area contributed by atoms with Crippen molar-refractivity contribution in [2.75, 3.05) is 4.90 Å². The summed E-state index contributed by atoms with van der Waals surface area (Å²) in [6.45, 7) is 0. The van der Waals surface area contributed by atoms with Gasteiger partial charge in [-0.1, -0.05) is 18.2 Å². The number of carbonyl (C=O) groups excluding carboxylic acids is 1. The Morgan fingerprint density at radius 1 is 1.16 bits per heavy atom. The van der Waals surface area contributed by atoms with Gasteiger partial charge < -0.3 is 9.69 Å². The first-order valence-electron chi connectivity index (χ1n) is 5.92. The first kappa shape index (κ1) is 12.3. The van der Waals surface area contributed by atoms with Gasteiger partial charge >= 0.3 is 0 Å². The highest BCUT2D eigenvalue weighted by molar-refractivity contribution is 14.1. The van der Waals surface area contributed by atoms with E-state index in [1.165, 1.54) is 0 Å². The van der Waals surface area contributed by atoms with Gasteiger partial charge in [0.15, 0.2) is 0 Å². The summed E-state index contributed by atoms with van der Waals surface area (Å²) in [7, 11) is 0. The normalized spacial score (nSPS) is 17.1. The molecule has 4 heteroatoms. The maximum absolute atomic E-state index is 11.5. The minimum absolute atomic E-state index is 0.315. The number of aliphatic imine (C=N–C) groups is 1. The Kier molecular flexibility index (Phi) is 3.33. The SMILES string of the molecule is O=CC1c2cc(I)ccc2N=CN1c1ccccc1. The van der Waals surface area contributed by atoms with E-state index >= 15 is 0 Å². The molecule has 0 N–H and O–H groups in total. The molecule has 2 aromatic rings. The summed E-state index contributed by atoms with van der Waals surface area (Å²) in [5.41, 5.74) is 2.78. The number of rotatable bonds is 2. The van der Waals surface area contributed by atoms with Gasteiger partial charge in [-0.05, 0) is 52.9 Å². The predicted molar refractivity (Wildman–Crippen MR) is 85.0 cm³/mol. The van der Waals surface area contributed by atoms with Gasteiger partial charge in [-0.3, -0.25) is 0 Å². The number of anilines is 1. The van der Waals surface area contributed by atoms with Gasteiger partial charge in [-0.2, -0.15) is 0 Å². The van der Waals surface area contributed by atoms with E-state index in [-0.39, 0.29) is 6.04 Å². The first-order valence-corrected chi connectivity index (χ1v) is 7.00. The average Bonchev–Trinajstić information content (AvgIpc) is 2.46. The van der Waals surface area contributed by atoms with Crippen LogP contribution in [0.5, 0.6) is 0 Å². The molecule has 0 saturated heterocycles. The molecule has 1 atom stereocenters. The van der Waals surface area contributed by atoms with E-state index in [0.29, 0.717) is 0 Å². The number of fused-ring (bicyclic) bond motifs is 1. The molecule has 0 spiro atoms. The number of nitrogens with zero attached hydrogens (tertiary/aromatic N) is 2. The second kappa shape index (κ2) is 5.13. The quantitative estimate of drug-likeness (QED) is 0.603. The van der Waals surface area contributed by atoms with Crippen molar-refractivity contribution in [3.63, 3.8) is 0 Å². The van der Waals surface area contributed by atoms with Crippen molar-refractivity contribution in [2.45, 2.75) is 6.04 Å². The predicted octanol–water partition coefficient (Wildman–Crippen LogP) is 3.71. The van der Waals surface area contributed by atoms with E-state index in [9.17, 15) is 4.79 Å². The molecule has 0 bridgehead atoms. The maximum atomic E-state index is 11.5. The standard InChI is InChI=1S/C15H11IN2O/c16-11-6-7-14-13(8-11)15(9-19)18(10-17-14)12-4-2-1-3-5-12/h1-10,15H. The zero-order valence-corrected chi connectivity index (χ0v) is 12.2. The monoisotopic (exact) mass is 362 g/mol. The number of aldehydes is 1. The number of hydrogen-bond acceptors (Lipinski definition) is 3. The van der Waals surface area contributed by atoms with Crippen molar-refractivity contribution in [2.24, 2.45) is 4.99 Å². The van der Waals surface area contributed by atoms with Crippen molar-refractivity contribution in [1.82, 2.24) is 0 Å². The molecular weight excluding hydrogens is 351 g/mol. The molecular formula is C15H11IN2O. The van der Waals surface area contributed by atoms with E-state index in [4.69, 9.17) is 0 Å². The Bertz CT molecular complexity index is 640. The summed E-state index contributed by atoms with van der Waals surface area (Å²) in [5.74, 6) is 0. The summed E-state index contributed by atoms with van der Waals surface area (Å²) in [6, 6.07) is 15.5. The Morgan fingerprint density at radius 3 is 2.68 bits per heavy atom. The Morgan fingerprint density at radius 2 is 1.95 bits per heavy atom. The van der Waals surface area contributed by atoms with Crippen LogP contribution in [-0.4, -0.2) is 12.6 Å². The molecule has 0 amide bonds. The zero-order valence-electron chi connectivity index (χ0n) is 10.0. The van der Waals surface area contributed by atoms with Gasteiger partial charge in [0.1, 0.15) is 12.3 Å². The van der Waals surface area contributed by atoms with E-state index in [0.717, 1.165) is 26.8 Å². The molecule has 0 aromatic heterocycles. The Hall–Kier alpha value is -1.69. The summed E-state index contributed by atoms with van der Waals surface area (Å²) in [6.07, 6.45) is 2.69. The van der Waals surface area contributed by atoms with Gasteiger partial charge in [0.25, 0.3) is 0 Å². The second-order valence-corrected chi connectivity index (χ2v) is 5.52. The van der Waals surface area contributed by atoms with Crippen LogP contribution in [0.2, 0.25) is 0 Å². The second-order valence-electron chi connectivity index (χ2n) is 4.27. The van der Waals surface area contributed by atoms with Crippen molar-refractivity contribution < 1.29 is 4.79 Å². The summed E-state index contributed by atoms with van der Waals surface area (Å²) in [5, 5.41) is 0. The van der Waals surface area contributed by atoms with E-state index in [1.807, 2.05) is 53.4 Å². The highest BCUT2D eigenvalue weighted by Crippen LogP contribution is 2.35. The highest BCUT2D eigenvalue weighted by atomic mass is 127. The fraction of sp³-hybridized carbons (Fsp3) is 0.0667.